The largest absolute Gasteiger partial charge is 0.497 e. The van der Waals surface area contributed by atoms with E-state index in [0.29, 0.717) is 35.2 Å². The van der Waals surface area contributed by atoms with Crippen LogP contribution < -0.4 is 19.5 Å². The molecule has 1 N–H and O–H groups in total. The third-order valence-corrected chi connectivity index (χ3v) is 4.57. The lowest BCUT2D eigenvalue weighted by Crippen LogP contribution is -2.04. The van der Waals surface area contributed by atoms with Crippen LogP contribution >= 0.6 is 11.6 Å². The molecule has 0 radical (unpaired) electrons. The lowest BCUT2D eigenvalue weighted by atomic mass is 10.2. The second kappa shape index (κ2) is 10.0. The van der Waals surface area contributed by atoms with E-state index in [0.717, 1.165) is 17.0 Å². The quantitative estimate of drug-likeness (QED) is 0.460. The number of benzene rings is 3. The van der Waals surface area contributed by atoms with Crippen molar-refractivity contribution in [1.29, 1.82) is 0 Å². The Morgan fingerprint density at radius 3 is 2.45 bits per heavy atom. The Morgan fingerprint density at radius 2 is 1.76 bits per heavy atom. The van der Waals surface area contributed by atoms with Crippen LogP contribution in [0.2, 0.25) is 5.02 Å². The second-order valence-corrected chi connectivity index (χ2v) is 6.71. The molecule has 0 unspecified atom stereocenters. The normalized spacial score (nSPS) is 10.5. The van der Waals surface area contributed by atoms with Gasteiger partial charge in [-0.15, -0.1) is 0 Å². The molecule has 3 aromatic carbocycles. The van der Waals surface area contributed by atoms with Gasteiger partial charge in [0.25, 0.3) is 0 Å². The van der Waals surface area contributed by atoms with Crippen LogP contribution in [0, 0.1) is 5.82 Å². The van der Waals surface area contributed by atoms with Crippen molar-refractivity contribution >= 4 is 17.3 Å². The fourth-order valence-corrected chi connectivity index (χ4v) is 3.09. The number of anilines is 1. The van der Waals surface area contributed by atoms with Crippen molar-refractivity contribution in [2.24, 2.45) is 0 Å². The topological polar surface area (TPSA) is 39.7 Å². The van der Waals surface area contributed by atoms with Crippen LogP contribution in [-0.4, -0.2) is 13.7 Å². The van der Waals surface area contributed by atoms with Gasteiger partial charge in [0.1, 0.15) is 18.2 Å². The van der Waals surface area contributed by atoms with Gasteiger partial charge in [-0.2, -0.15) is 0 Å². The highest BCUT2D eigenvalue weighted by Gasteiger charge is 2.14. The molecule has 152 valence electrons. The molecule has 0 aromatic heterocycles. The summed E-state index contributed by atoms with van der Waals surface area (Å²) in [5, 5.41) is 3.75. The van der Waals surface area contributed by atoms with E-state index in [4.69, 9.17) is 25.8 Å². The minimum Gasteiger partial charge on any atom is -0.497 e. The van der Waals surface area contributed by atoms with E-state index in [2.05, 4.69) is 5.32 Å². The molecule has 0 bridgehead atoms. The Kier molecular flexibility index (Phi) is 7.19. The molecule has 3 rings (SSSR count). The summed E-state index contributed by atoms with van der Waals surface area (Å²) in [5.74, 6) is 1.42. The highest BCUT2D eigenvalue weighted by molar-refractivity contribution is 6.32. The smallest absolute Gasteiger partial charge is 0.180 e. The first-order valence-electron chi connectivity index (χ1n) is 9.30. The summed E-state index contributed by atoms with van der Waals surface area (Å²) < 4.78 is 30.5. The average molecular weight is 416 g/mol. The summed E-state index contributed by atoms with van der Waals surface area (Å²) in [6.07, 6.45) is 0. The summed E-state index contributed by atoms with van der Waals surface area (Å²) >= 11 is 6.45. The molecule has 0 fully saturated rings. The van der Waals surface area contributed by atoms with Crippen molar-refractivity contribution in [2.75, 3.05) is 19.0 Å². The van der Waals surface area contributed by atoms with E-state index in [1.165, 1.54) is 6.07 Å². The Hall–Kier alpha value is -2.92. The van der Waals surface area contributed by atoms with Crippen molar-refractivity contribution in [3.05, 3.63) is 82.6 Å². The van der Waals surface area contributed by atoms with Crippen LogP contribution in [0.15, 0.2) is 60.7 Å². The van der Waals surface area contributed by atoms with Crippen LogP contribution in [0.5, 0.6) is 17.2 Å². The predicted molar refractivity (Wildman–Crippen MR) is 114 cm³/mol. The summed E-state index contributed by atoms with van der Waals surface area (Å²) in [6.45, 7) is 2.97. The van der Waals surface area contributed by atoms with E-state index in [-0.39, 0.29) is 12.4 Å². The van der Waals surface area contributed by atoms with E-state index in [9.17, 15) is 4.39 Å². The number of hydrogen-bond donors (Lipinski definition) is 1. The molecule has 4 nitrogen and oxygen atoms in total. The Morgan fingerprint density at radius 1 is 1.00 bits per heavy atom. The molecule has 3 aromatic rings. The number of halogens is 2. The van der Waals surface area contributed by atoms with Gasteiger partial charge in [-0.05, 0) is 55.0 Å². The maximum atomic E-state index is 13.9. The lowest BCUT2D eigenvalue weighted by Gasteiger charge is -2.16. The molecule has 0 atom stereocenters. The minimum absolute atomic E-state index is 0.0654. The van der Waals surface area contributed by atoms with Gasteiger partial charge in [0.15, 0.2) is 11.5 Å². The van der Waals surface area contributed by atoms with E-state index in [1.54, 1.807) is 25.3 Å². The van der Waals surface area contributed by atoms with Crippen LogP contribution in [0.3, 0.4) is 0 Å². The van der Waals surface area contributed by atoms with Crippen LogP contribution in [0.4, 0.5) is 10.1 Å². The summed E-state index contributed by atoms with van der Waals surface area (Å²) in [5.41, 5.74) is 2.35. The Bertz CT molecular complexity index is 947. The molecule has 0 amide bonds. The third kappa shape index (κ3) is 5.55. The van der Waals surface area contributed by atoms with Crippen molar-refractivity contribution in [3.63, 3.8) is 0 Å². The highest BCUT2D eigenvalue weighted by Crippen LogP contribution is 2.37. The van der Waals surface area contributed by atoms with E-state index >= 15 is 0 Å². The number of methoxy groups -OCH3 is 1. The van der Waals surface area contributed by atoms with Crippen molar-refractivity contribution < 1.29 is 18.6 Å². The minimum atomic E-state index is -0.318. The zero-order chi connectivity index (χ0) is 20.6. The van der Waals surface area contributed by atoms with Gasteiger partial charge in [-0.1, -0.05) is 29.8 Å². The standard InChI is InChI=1S/C23H23ClFNO3/c1-3-28-22-13-16(14-26-18-8-10-19(27-2)11-9-18)12-20(24)23(22)29-15-17-6-4-5-7-21(17)25/h4-13,26H,3,14-15H2,1-2H3. The Balaban J connectivity index is 1.73. The summed E-state index contributed by atoms with van der Waals surface area (Å²) in [7, 11) is 1.63. The van der Waals surface area contributed by atoms with Gasteiger partial charge in [0.05, 0.1) is 18.7 Å². The third-order valence-electron chi connectivity index (χ3n) is 4.29. The fourth-order valence-electron chi connectivity index (χ4n) is 2.80. The number of ether oxygens (including phenoxy) is 3. The molecule has 0 aliphatic carbocycles. The molecule has 29 heavy (non-hydrogen) atoms. The molecule has 0 saturated carbocycles. The molecule has 0 aliphatic heterocycles. The molecular weight excluding hydrogens is 393 g/mol. The van der Waals surface area contributed by atoms with Crippen LogP contribution in [-0.2, 0) is 13.2 Å². The van der Waals surface area contributed by atoms with Gasteiger partial charge >= 0.3 is 0 Å². The summed E-state index contributed by atoms with van der Waals surface area (Å²) in [4.78, 5) is 0. The molecule has 0 spiro atoms. The fraction of sp³-hybridized carbons (Fsp3) is 0.217. The predicted octanol–water partition coefficient (Wildman–Crippen LogP) is 6.08. The summed E-state index contributed by atoms with van der Waals surface area (Å²) in [6, 6.07) is 17.8. The molecule has 0 aliphatic rings. The first kappa shape index (κ1) is 20.8. The first-order chi connectivity index (χ1) is 14.1. The van der Waals surface area contributed by atoms with Gasteiger partial charge in [-0.25, -0.2) is 4.39 Å². The van der Waals surface area contributed by atoms with Crippen molar-refractivity contribution in [2.45, 2.75) is 20.1 Å². The Labute approximate surface area is 175 Å². The van der Waals surface area contributed by atoms with Crippen molar-refractivity contribution in [3.8, 4) is 17.2 Å². The van der Waals surface area contributed by atoms with E-state index in [1.807, 2.05) is 43.3 Å². The monoisotopic (exact) mass is 415 g/mol. The molecule has 6 heteroatoms. The molecule has 0 saturated heterocycles. The number of rotatable bonds is 9. The molecule has 0 heterocycles. The maximum absolute atomic E-state index is 13.9. The van der Waals surface area contributed by atoms with Crippen LogP contribution in [0.1, 0.15) is 18.1 Å². The van der Waals surface area contributed by atoms with Gasteiger partial charge in [0, 0.05) is 17.8 Å². The number of nitrogens with one attached hydrogen (secondary N) is 1. The average Bonchev–Trinajstić information content (AvgIpc) is 2.73. The van der Waals surface area contributed by atoms with Crippen LogP contribution in [0.25, 0.3) is 0 Å². The SMILES string of the molecule is CCOc1cc(CNc2ccc(OC)cc2)cc(Cl)c1OCc1ccccc1F. The number of hydrogen-bond acceptors (Lipinski definition) is 4. The zero-order valence-corrected chi connectivity index (χ0v) is 17.1. The highest BCUT2D eigenvalue weighted by atomic mass is 35.5. The van der Waals surface area contributed by atoms with Gasteiger partial charge in [0.2, 0.25) is 0 Å². The zero-order valence-electron chi connectivity index (χ0n) is 16.4. The second-order valence-electron chi connectivity index (χ2n) is 6.30. The molecular formula is C23H23ClFNO3. The lowest BCUT2D eigenvalue weighted by molar-refractivity contribution is 0.266. The first-order valence-corrected chi connectivity index (χ1v) is 9.68. The van der Waals surface area contributed by atoms with Gasteiger partial charge in [-0.3, -0.25) is 0 Å². The van der Waals surface area contributed by atoms with Gasteiger partial charge < -0.3 is 19.5 Å². The van der Waals surface area contributed by atoms with E-state index < -0.39 is 0 Å². The van der Waals surface area contributed by atoms with Crippen molar-refractivity contribution in [1.82, 2.24) is 0 Å². The maximum Gasteiger partial charge on any atom is 0.180 e.